The van der Waals surface area contributed by atoms with Crippen molar-refractivity contribution in [2.45, 2.75) is 13.8 Å². The number of amides is 2. The first kappa shape index (κ1) is 17.1. The molecule has 0 radical (unpaired) electrons. The number of hydroxylamine groups is 1. The van der Waals surface area contributed by atoms with Gasteiger partial charge in [-0.25, -0.2) is 14.4 Å². The molecule has 7 nitrogen and oxygen atoms in total. The van der Waals surface area contributed by atoms with E-state index in [4.69, 9.17) is 0 Å². The van der Waals surface area contributed by atoms with E-state index in [0.717, 1.165) is 0 Å². The minimum Gasteiger partial charge on any atom is -0.466 e. The number of urea groups is 1. The van der Waals surface area contributed by atoms with Crippen LogP contribution in [-0.2, 0) is 19.2 Å². The second-order valence-corrected chi connectivity index (χ2v) is 2.91. The van der Waals surface area contributed by atoms with Gasteiger partial charge in [-0.3, -0.25) is 0 Å². The molecule has 0 saturated carbocycles. The molecule has 0 rings (SSSR count). The van der Waals surface area contributed by atoms with Crippen molar-refractivity contribution < 1.29 is 24.0 Å². The maximum absolute atomic E-state index is 10.5. The van der Waals surface area contributed by atoms with Gasteiger partial charge in [0.2, 0.25) is 0 Å². The summed E-state index contributed by atoms with van der Waals surface area (Å²) in [5.41, 5.74) is 6.86. The molecular formula is C10H16N2O5. The Labute approximate surface area is 99.2 Å². The fraction of sp³-hybridized carbons (Fsp3) is 0.300. The van der Waals surface area contributed by atoms with Crippen LogP contribution in [0.5, 0.6) is 0 Å². The Morgan fingerprint density at radius 1 is 1.06 bits per heavy atom. The summed E-state index contributed by atoms with van der Waals surface area (Å²) in [6.45, 7) is 9.67. The first-order valence-corrected chi connectivity index (χ1v) is 4.38. The van der Waals surface area contributed by atoms with Gasteiger partial charge in [0.1, 0.15) is 0 Å². The monoisotopic (exact) mass is 244 g/mol. The lowest BCUT2D eigenvalue weighted by atomic mass is 10.4. The van der Waals surface area contributed by atoms with Gasteiger partial charge >= 0.3 is 18.0 Å². The number of primary amides is 1. The van der Waals surface area contributed by atoms with Crippen LogP contribution >= 0.6 is 0 Å². The summed E-state index contributed by atoms with van der Waals surface area (Å²) in [6, 6.07) is -0.922. The van der Waals surface area contributed by atoms with Crippen molar-refractivity contribution in [3.8, 4) is 0 Å². The largest absolute Gasteiger partial charge is 0.466 e. The molecule has 0 aliphatic rings. The first-order valence-electron chi connectivity index (χ1n) is 4.38. The Bertz CT molecular complexity index is 336. The van der Waals surface area contributed by atoms with Gasteiger partial charge in [0.25, 0.3) is 0 Å². The summed E-state index contributed by atoms with van der Waals surface area (Å²) in [5, 5.41) is 0. The average molecular weight is 244 g/mol. The first-order chi connectivity index (χ1) is 7.72. The van der Waals surface area contributed by atoms with Crippen molar-refractivity contribution >= 4 is 18.0 Å². The van der Waals surface area contributed by atoms with Gasteiger partial charge in [0.15, 0.2) is 0 Å². The van der Waals surface area contributed by atoms with Crippen LogP contribution < -0.4 is 11.2 Å². The summed E-state index contributed by atoms with van der Waals surface area (Å²) in [5.74, 6) is -1.06. The number of esters is 1. The van der Waals surface area contributed by atoms with Crippen molar-refractivity contribution in [1.29, 1.82) is 0 Å². The van der Waals surface area contributed by atoms with Crippen LogP contribution in [-0.4, -0.2) is 25.1 Å². The highest BCUT2D eigenvalue weighted by Gasteiger charge is 2.03. The fourth-order valence-corrected chi connectivity index (χ4v) is 0.358. The minimum atomic E-state index is -0.922. The second kappa shape index (κ2) is 8.96. The van der Waals surface area contributed by atoms with Crippen molar-refractivity contribution in [2.24, 2.45) is 5.73 Å². The molecule has 0 aromatic carbocycles. The highest BCUT2D eigenvalue weighted by molar-refractivity contribution is 5.88. The molecular weight excluding hydrogens is 228 g/mol. The molecule has 0 aromatic heterocycles. The molecule has 0 aliphatic carbocycles. The number of hydrogen-bond acceptors (Lipinski definition) is 5. The Balaban J connectivity index is 0. The molecule has 0 saturated heterocycles. The van der Waals surface area contributed by atoms with E-state index in [1.54, 1.807) is 12.4 Å². The number of nitrogens with two attached hydrogens (primary N) is 1. The molecule has 0 aliphatic heterocycles. The number of ether oxygens (including phenoxy) is 1. The lowest BCUT2D eigenvalue weighted by Crippen LogP contribution is -2.31. The number of methoxy groups -OCH3 is 1. The second-order valence-electron chi connectivity index (χ2n) is 2.91. The minimum absolute atomic E-state index is 0.189. The van der Waals surface area contributed by atoms with E-state index < -0.39 is 12.0 Å². The van der Waals surface area contributed by atoms with E-state index in [0.29, 0.717) is 5.57 Å². The molecule has 0 fully saturated rings. The van der Waals surface area contributed by atoms with Crippen molar-refractivity contribution in [2.75, 3.05) is 7.11 Å². The van der Waals surface area contributed by atoms with Crippen molar-refractivity contribution in [3.63, 3.8) is 0 Å². The Morgan fingerprint density at radius 2 is 1.47 bits per heavy atom. The predicted octanol–water partition coefficient (Wildman–Crippen LogP) is 0.425. The van der Waals surface area contributed by atoms with Gasteiger partial charge in [0.05, 0.1) is 7.11 Å². The molecule has 96 valence electrons. The topological polar surface area (TPSA) is 108 Å². The number of rotatable bonds is 2. The van der Waals surface area contributed by atoms with Crippen LogP contribution in [0.4, 0.5) is 4.79 Å². The van der Waals surface area contributed by atoms with E-state index in [1.165, 1.54) is 14.0 Å². The third kappa shape index (κ3) is 11.6. The normalized spacial score (nSPS) is 7.94. The maximum atomic E-state index is 10.5. The van der Waals surface area contributed by atoms with Crippen LogP contribution in [0.3, 0.4) is 0 Å². The van der Waals surface area contributed by atoms with Crippen LogP contribution in [0.15, 0.2) is 24.3 Å². The Hall–Kier alpha value is -2.31. The molecule has 0 unspecified atom stereocenters. The summed E-state index contributed by atoms with van der Waals surface area (Å²) >= 11 is 0. The molecule has 0 heterocycles. The zero-order valence-corrected chi connectivity index (χ0v) is 10.0. The third-order valence-electron chi connectivity index (χ3n) is 1.13. The van der Waals surface area contributed by atoms with Gasteiger partial charge < -0.3 is 15.3 Å². The van der Waals surface area contributed by atoms with E-state index in [9.17, 15) is 14.4 Å². The molecule has 0 atom stereocenters. The molecule has 7 heteroatoms. The lowest BCUT2D eigenvalue weighted by molar-refractivity contribution is -0.143. The van der Waals surface area contributed by atoms with Crippen LogP contribution in [0.25, 0.3) is 0 Å². The Kier molecular flexibility index (Phi) is 9.01. The van der Waals surface area contributed by atoms with Crippen LogP contribution in [0, 0.1) is 0 Å². The van der Waals surface area contributed by atoms with E-state index in [1.807, 2.05) is 0 Å². The molecule has 17 heavy (non-hydrogen) atoms. The standard InChI is InChI=1S/C5H8N2O3.C5H8O2/c1-3(2)4(8)10-7-5(6)9;1-4(2)5(6)7-3/h1H2,2H3,(H3,6,7,9);1H2,2-3H3. The smallest absolute Gasteiger partial charge is 0.358 e. The van der Waals surface area contributed by atoms with E-state index >= 15 is 0 Å². The van der Waals surface area contributed by atoms with Crippen molar-refractivity contribution in [1.82, 2.24) is 5.48 Å². The summed E-state index contributed by atoms with van der Waals surface area (Å²) in [7, 11) is 1.33. The lowest BCUT2D eigenvalue weighted by Gasteiger charge is -2.00. The highest BCUT2D eigenvalue weighted by Crippen LogP contribution is 1.88. The van der Waals surface area contributed by atoms with Crippen molar-refractivity contribution in [3.05, 3.63) is 24.3 Å². The van der Waals surface area contributed by atoms with Gasteiger partial charge in [-0.15, -0.1) is 0 Å². The van der Waals surface area contributed by atoms with Crippen LogP contribution in [0.1, 0.15) is 13.8 Å². The quantitative estimate of drug-likeness (QED) is 0.416. The number of nitrogens with one attached hydrogen (secondary N) is 1. The van der Waals surface area contributed by atoms with Gasteiger partial charge in [0, 0.05) is 11.1 Å². The fourth-order valence-electron chi connectivity index (χ4n) is 0.358. The zero-order chi connectivity index (χ0) is 14.0. The Morgan fingerprint density at radius 3 is 1.65 bits per heavy atom. The van der Waals surface area contributed by atoms with Gasteiger partial charge in [-0.2, -0.15) is 5.48 Å². The molecule has 3 N–H and O–H groups in total. The summed E-state index contributed by atoms with van der Waals surface area (Å²) in [4.78, 5) is 34.7. The molecule has 0 spiro atoms. The zero-order valence-electron chi connectivity index (χ0n) is 10.0. The predicted molar refractivity (Wildman–Crippen MR) is 60.5 cm³/mol. The number of carbonyl (C=O) groups is 3. The van der Waals surface area contributed by atoms with Gasteiger partial charge in [-0.1, -0.05) is 13.2 Å². The summed E-state index contributed by atoms with van der Waals surface area (Å²) < 4.78 is 4.27. The average Bonchev–Trinajstić information content (AvgIpc) is 2.24. The SMILES string of the molecule is C=C(C)C(=O)OC.C=C(C)C(=O)ONC(N)=O. The summed E-state index contributed by atoms with van der Waals surface area (Å²) in [6.07, 6.45) is 0. The van der Waals surface area contributed by atoms with Crippen LogP contribution in [0.2, 0.25) is 0 Å². The van der Waals surface area contributed by atoms with E-state index in [2.05, 4.69) is 28.5 Å². The molecule has 0 aromatic rings. The van der Waals surface area contributed by atoms with E-state index in [-0.39, 0.29) is 11.5 Å². The molecule has 2 amide bonds. The maximum Gasteiger partial charge on any atom is 0.358 e. The number of carbonyl (C=O) groups excluding carboxylic acids is 3. The highest BCUT2D eigenvalue weighted by atomic mass is 16.7. The number of hydrogen-bond donors (Lipinski definition) is 2. The van der Waals surface area contributed by atoms with Gasteiger partial charge in [-0.05, 0) is 13.8 Å². The third-order valence-corrected chi connectivity index (χ3v) is 1.13. The molecule has 0 bridgehead atoms.